The number of nitrogens with zero attached hydrogens (tertiary/aromatic N) is 1. The quantitative estimate of drug-likeness (QED) is 0.858. The van der Waals surface area contributed by atoms with Crippen molar-refractivity contribution in [3.63, 3.8) is 0 Å². The van der Waals surface area contributed by atoms with Gasteiger partial charge in [0.05, 0.1) is 12.7 Å². The summed E-state index contributed by atoms with van der Waals surface area (Å²) in [5.74, 6) is 7.26. The largest absolute Gasteiger partial charge is 0.495 e. The van der Waals surface area contributed by atoms with E-state index in [9.17, 15) is 0 Å². The van der Waals surface area contributed by atoms with Crippen LogP contribution in [0.25, 0.3) is 0 Å². The highest BCUT2D eigenvalue weighted by molar-refractivity contribution is 5.48. The number of aliphatic hydroxyl groups is 1. The number of methoxy groups -OCH3 is 1. The number of benzene rings is 1. The van der Waals surface area contributed by atoms with Crippen molar-refractivity contribution in [1.29, 1.82) is 0 Å². The van der Waals surface area contributed by atoms with Gasteiger partial charge in [-0.2, -0.15) is 0 Å². The first-order valence-corrected chi connectivity index (χ1v) is 7.22. The Balaban J connectivity index is 2.08. The molecule has 1 aromatic carbocycles. The molecule has 0 saturated carbocycles. The van der Waals surface area contributed by atoms with Crippen LogP contribution < -0.4 is 4.74 Å². The zero-order valence-corrected chi connectivity index (χ0v) is 12.4. The van der Waals surface area contributed by atoms with Gasteiger partial charge in [-0.15, -0.1) is 0 Å². The first-order chi connectivity index (χ1) is 9.72. The van der Waals surface area contributed by atoms with Gasteiger partial charge in [0.1, 0.15) is 12.4 Å². The molecular weight excluding hydrogens is 250 g/mol. The molecule has 3 heteroatoms. The lowest BCUT2D eigenvalue weighted by Crippen LogP contribution is -2.32. The van der Waals surface area contributed by atoms with E-state index in [1.54, 1.807) is 7.11 Å². The molecule has 0 atom stereocenters. The summed E-state index contributed by atoms with van der Waals surface area (Å²) in [6.07, 6.45) is 2.57. The molecule has 20 heavy (non-hydrogen) atoms. The van der Waals surface area contributed by atoms with Gasteiger partial charge in [-0.3, -0.25) is 4.90 Å². The predicted octanol–water partition coefficient (Wildman–Crippen LogP) is 2.27. The lowest BCUT2D eigenvalue weighted by atomic mass is 9.98. The van der Waals surface area contributed by atoms with E-state index < -0.39 is 0 Å². The molecule has 1 N–H and O–H groups in total. The van der Waals surface area contributed by atoms with Gasteiger partial charge in [0.25, 0.3) is 0 Å². The van der Waals surface area contributed by atoms with Crippen molar-refractivity contribution in [2.24, 2.45) is 5.92 Å². The van der Waals surface area contributed by atoms with E-state index in [1.165, 1.54) is 31.5 Å². The third-order valence-corrected chi connectivity index (χ3v) is 3.85. The van der Waals surface area contributed by atoms with Crippen molar-refractivity contribution in [3.8, 4) is 17.6 Å². The number of hydrogen-bond donors (Lipinski definition) is 1. The van der Waals surface area contributed by atoms with Crippen molar-refractivity contribution in [2.75, 3.05) is 26.8 Å². The van der Waals surface area contributed by atoms with Gasteiger partial charge in [-0.1, -0.05) is 24.8 Å². The molecule has 0 aliphatic carbocycles. The van der Waals surface area contributed by atoms with E-state index in [0.717, 1.165) is 23.8 Å². The average Bonchev–Trinajstić information content (AvgIpc) is 2.47. The smallest absolute Gasteiger partial charge is 0.134 e. The second-order valence-electron chi connectivity index (χ2n) is 5.45. The highest BCUT2D eigenvalue weighted by Crippen LogP contribution is 2.22. The zero-order valence-electron chi connectivity index (χ0n) is 12.4. The summed E-state index contributed by atoms with van der Waals surface area (Å²) in [7, 11) is 1.64. The van der Waals surface area contributed by atoms with E-state index >= 15 is 0 Å². The highest BCUT2D eigenvalue weighted by Gasteiger charge is 2.16. The van der Waals surface area contributed by atoms with Crippen molar-refractivity contribution in [3.05, 3.63) is 29.3 Å². The molecule has 108 valence electrons. The second-order valence-corrected chi connectivity index (χ2v) is 5.45. The summed E-state index contributed by atoms with van der Waals surface area (Å²) in [4.78, 5) is 2.49. The van der Waals surface area contributed by atoms with E-state index in [-0.39, 0.29) is 6.61 Å². The molecule has 1 heterocycles. The molecule has 0 unspecified atom stereocenters. The number of ether oxygens (including phenoxy) is 1. The summed E-state index contributed by atoms with van der Waals surface area (Å²) >= 11 is 0. The lowest BCUT2D eigenvalue weighted by Gasteiger charge is -2.30. The molecule has 3 nitrogen and oxygen atoms in total. The van der Waals surface area contributed by atoms with Crippen LogP contribution in [-0.2, 0) is 6.54 Å². The third-order valence-electron chi connectivity index (χ3n) is 3.85. The van der Waals surface area contributed by atoms with Crippen LogP contribution in [0.3, 0.4) is 0 Å². The Hall–Kier alpha value is -1.50. The SMILES string of the molecule is COc1ccc(CN2CCC(C)CC2)cc1C#CCO. The minimum atomic E-state index is -0.128. The van der Waals surface area contributed by atoms with Crippen molar-refractivity contribution in [1.82, 2.24) is 4.90 Å². The van der Waals surface area contributed by atoms with Crippen LogP contribution in [0.5, 0.6) is 5.75 Å². The molecule has 1 fully saturated rings. The van der Waals surface area contributed by atoms with E-state index in [4.69, 9.17) is 9.84 Å². The minimum absolute atomic E-state index is 0.128. The molecule has 1 aromatic rings. The van der Waals surface area contributed by atoms with Crippen LogP contribution in [0.4, 0.5) is 0 Å². The number of likely N-dealkylation sites (tertiary alicyclic amines) is 1. The van der Waals surface area contributed by atoms with Gasteiger partial charge in [0, 0.05) is 6.54 Å². The fraction of sp³-hybridized carbons (Fsp3) is 0.529. The number of piperidine rings is 1. The normalized spacial score (nSPS) is 16.6. The molecule has 0 radical (unpaired) electrons. The second kappa shape index (κ2) is 7.33. The fourth-order valence-corrected chi connectivity index (χ4v) is 2.56. The zero-order chi connectivity index (χ0) is 14.4. The van der Waals surface area contributed by atoms with E-state index in [1.807, 2.05) is 6.07 Å². The molecule has 1 aliphatic heterocycles. The van der Waals surface area contributed by atoms with E-state index in [2.05, 4.69) is 35.8 Å². The molecule has 2 rings (SSSR count). The molecule has 0 amide bonds. The molecule has 0 aromatic heterocycles. The van der Waals surface area contributed by atoms with Crippen LogP contribution in [0.15, 0.2) is 18.2 Å². The Morgan fingerprint density at radius 2 is 2.10 bits per heavy atom. The van der Waals surface area contributed by atoms with Crippen LogP contribution in [0.1, 0.15) is 30.9 Å². The number of hydrogen-bond acceptors (Lipinski definition) is 3. The Morgan fingerprint density at radius 3 is 2.75 bits per heavy atom. The first kappa shape index (κ1) is 14.9. The fourth-order valence-electron chi connectivity index (χ4n) is 2.56. The number of rotatable bonds is 3. The van der Waals surface area contributed by atoms with Gasteiger partial charge in [-0.25, -0.2) is 0 Å². The Bertz CT molecular complexity index is 493. The highest BCUT2D eigenvalue weighted by atomic mass is 16.5. The average molecular weight is 273 g/mol. The number of aliphatic hydroxyl groups excluding tert-OH is 1. The molecule has 1 aliphatic rings. The summed E-state index contributed by atoms with van der Waals surface area (Å²) in [5, 5.41) is 8.82. The summed E-state index contributed by atoms with van der Waals surface area (Å²) in [6.45, 7) is 5.50. The minimum Gasteiger partial charge on any atom is -0.495 e. The third kappa shape index (κ3) is 4.00. The molecule has 0 bridgehead atoms. The maximum atomic E-state index is 8.82. The summed E-state index contributed by atoms with van der Waals surface area (Å²) in [6, 6.07) is 6.13. The Kier molecular flexibility index (Phi) is 5.46. The maximum absolute atomic E-state index is 8.82. The van der Waals surface area contributed by atoms with Crippen molar-refractivity contribution >= 4 is 0 Å². The Labute approximate surface area is 121 Å². The maximum Gasteiger partial charge on any atom is 0.134 e. The van der Waals surface area contributed by atoms with Crippen molar-refractivity contribution in [2.45, 2.75) is 26.3 Å². The first-order valence-electron chi connectivity index (χ1n) is 7.22. The van der Waals surface area contributed by atoms with Crippen LogP contribution >= 0.6 is 0 Å². The van der Waals surface area contributed by atoms with Gasteiger partial charge in [-0.05, 0) is 49.5 Å². The molecular formula is C17H23NO2. The standard InChI is InChI=1S/C17H23NO2/c1-14-7-9-18(10-8-14)13-15-5-6-17(20-2)16(12-15)4-3-11-19/h5-6,12,14,19H,7-11,13H2,1-2H3. The molecule has 0 spiro atoms. The van der Waals surface area contributed by atoms with Gasteiger partial charge >= 0.3 is 0 Å². The van der Waals surface area contributed by atoms with Gasteiger partial charge in [0.2, 0.25) is 0 Å². The topological polar surface area (TPSA) is 32.7 Å². The van der Waals surface area contributed by atoms with Gasteiger partial charge < -0.3 is 9.84 Å². The monoisotopic (exact) mass is 273 g/mol. The van der Waals surface area contributed by atoms with E-state index in [0.29, 0.717) is 0 Å². The molecule has 1 saturated heterocycles. The Morgan fingerprint density at radius 1 is 1.35 bits per heavy atom. The summed E-state index contributed by atoms with van der Waals surface area (Å²) in [5.41, 5.74) is 2.10. The summed E-state index contributed by atoms with van der Waals surface area (Å²) < 4.78 is 5.30. The van der Waals surface area contributed by atoms with Crippen LogP contribution in [-0.4, -0.2) is 36.8 Å². The van der Waals surface area contributed by atoms with Gasteiger partial charge in [0.15, 0.2) is 0 Å². The van der Waals surface area contributed by atoms with Crippen LogP contribution in [0.2, 0.25) is 0 Å². The van der Waals surface area contributed by atoms with Crippen molar-refractivity contribution < 1.29 is 9.84 Å². The predicted molar refractivity (Wildman–Crippen MR) is 80.6 cm³/mol. The van der Waals surface area contributed by atoms with Crippen LogP contribution in [0, 0.1) is 17.8 Å². The lowest BCUT2D eigenvalue weighted by molar-refractivity contribution is 0.185.